The summed E-state index contributed by atoms with van der Waals surface area (Å²) in [6.07, 6.45) is 1.69. The topological polar surface area (TPSA) is 59.7 Å². The molecule has 0 spiro atoms. The molecule has 0 atom stereocenters. The first-order valence-corrected chi connectivity index (χ1v) is 5.88. The Kier molecular flexibility index (Phi) is 3.10. The predicted molar refractivity (Wildman–Crippen MR) is 73.9 cm³/mol. The van der Waals surface area contributed by atoms with Crippen molar-refractivity contribution in [2.45, 2.75) is 19.3 Å². The van der Waals surface area contributed by atoms with E-state index in [2.05, 4.69) is 6.58 Å². The average molecular weight is 260 g/mol. The maximum Gasteiger partial charge on any atom is 0.336 e. The van der Waals surface area contributed by atoms with Crippen molar-refractivity contribution < 1.29 is 14.3 Å². The number of phenols is 1. The van der Waals surface area contributed by atoms with Crippen LogP contribution in [0.2, 0.25) is 0 Å². The van der Waals surface area contributed by atoms with Crippen molar-refractivity contribution in [3.8, 4) is 11.5 Å². The molecule has 100 valence electrons. The van der Waals surface area contributed by atoms with Gasteiger partial charge in [0.2, 0.25) is 0 Å². The molecule has 1 aromatic carbocycles. The number of rotatable bonds is 3. The minimum atomic E-state index is -0.561. The summed E-state index contributed by atoms with van der Waals surface area (Å²) in [5.41, 5.74) is -0.169. The Bertz CT molecular complexity index is 695. The molecule has 1 N–H and O–H groups in total. The van der Waals surface area contributed by atoms with Gasteiger partial charge in [0.25, 0.3) is 0 Å². The lowest BCUT2D eigenvalue weighted by Gasteiger charge is -2.23. The highest BCUT2D eigenvalue weighted by Crippen LogP contribution is 2.43. The number of methoxy groups -OCH3 is 1. The molecule has 1 heterocycles. The normalized spacial score (nSPS) is 11.5. The monoisotopic (exact) mass is 260 g/mol. The molecule has 0 aliphatic rings. The summed E-state index contributed by atoms with van der Waals surface area (Å²) in [4.78, 5) is 11.4. The summed E-state index contributed by atoms with van der Waals surface area (Å²) >= 11 is 0. The van der Waals surface area contributed by atoms with E-state index < -0.39 is 11.0 Å². The van der Waals surface area contributed by atoms with Gasteiger partial charge in [0.15, 0.2) is 11.5 Å². The van der Waals surface area contributed by atoms with Crippen LogP contribution in [-0.2, 0) is 5.41 Å². The quantitative estimate of drug-likeness (QED) is 0.680. The highest BCUT2D eigenvalue weighted by molar-refractivity contribution is 5.86. The number of benzene rings is 1. The third-order valence-electron chi connectivity index (χ3n) is 3.22. The van der Waals surface area contributed by atoms with Crippen LogP contribution in [-0.4, -0.2) is 12.2 Å². The van der Waals surface area contributed by atoms with Crippen molar-refractivity contribution in [3.63, 3.8) is 0 Å². The number of aromatic hydroxyl groups is 1. The van der Waals surface area contributed by atoms with Crippen LogP contribution in [0.15, 0.2) is 40.1 Å². The van der Waals surface area contributed by atoms with Gasteiger partial charge < -0.3 is 14.3 Å². The van der Waals surface area contributed by atoms with E-state index >= 15 is 0 Å². The summed E-state index contributed by atoms with van der Waals surface area (Å²) in [6, 6.07) is 4.62. The molecule has 0 saturated heterocycles. The van der Waals surface area contributed by atoms with Crippen LogP contribution in [0.4, 0.5) is 0 Å². The number of fused-ring (bicyclic) bond motifs is 1. The molecule has 4 heteroatoms. The standard InChI is InChI=1S/C15H16O4/c1-5-15(2,3)12-13(17)10(18-4)8-9-6-7-11(16)19-14(9)12/h5-8,17H,1H2,2-4H3. The van der Waals surface area contributed by atoms with Crippen molar-refractivity contribution in [3.05, 3.63) is 46.8 Å². The SMILES string of the molecule is C=CC(C)(C)c1c(O)c(OC)cc2ccc(=O)oc12. The molecule has 4 nitrogen and oxygen atoms in total. The van der Waals surface area contributed by atoms with Crippen LogP contribution in [0.25, 0.3) is 11.0 Å². The Morgan fingerprint density at radius 3 is 2.68 bits per heavy atom. The van der Waals surface area contributed by atoms with E-state index in [0.29, 0.717) is 22.3 Å². The number of phenolic OH excluding ortho intramolecular Hbond substituents is 1. The van der Waals surface area contributed by atoms with Crippen molar-refractivity contribution in [2.75, 3.05) is 7.11 Å². The lowest BCUT2D eigenvalue weighted by atomic mass is 9.83. The van der Waals surface area contributed by atoms with Gasteiger partial charge in [-0.3, -0.25) is 0 Å². The summed E-state index contributed by atoms with van der Waals surface area (Å²) in [6.45, 7) is 7.51. The van der Waals surface area contributed by atoms with Crippen LogP contribution >= 0.6 is 0 Å². The highest BCUT2D eigenvalue weighted by Gasteiger charge is 2.27. The molecule has 1 aromatic heterocycles. The van der Waals surface area contributed by atoms with E-state index in [9.17, 15) is 9.90 Å². The van der Waals surface area contributed by atoms with Gasteiger partial charge in [-0.15, -0.1) is 6.58 Å². The Hall–Kier alpha value is -2.23. The van der Waals surface area contributed by atoms with Gasteiger partial charge >= 0.3 is 5.63 Å². The summed E-state index contributed by atoms with van der Waals surface area (Å²) in [5.74, 6) is 0.306. The van der Waals surface area contributed by atoms with E-state index in [1.165, 1.54) is 13.2 Å². The van der Waals surface area contributed by atoms with Gasteiger partial charge in [-0.2, -0.15) is 0 Å². The van der Waals surface area contributed by atoms with Crippen molar-refractivity contribution in [1.29, 1.82) is 0 Å². The van der Waals surface area contributed by atoms with Crippen LogP contribution in [0.5, 0.6) is 11.5 Å². The smallest absolute Gasteiger partial charge is 0.336 e. The Morgan fingerprint density at radius 2 is 2.11 bits per heavy atom. The van der Waals surface area contributed by atoms with Gasteiger partial charge in [0, 0.05) is 16.9 Å². The zero-order valence-electron chi connectivity index (χ0n) is 11.2. The molecule has 0 bridgehead atoms. The molecule has 0 amide bonds. The molecule has 2 aromatic rings. The lowest BCUT2D eigenvalue weighted by molar-refractivity contribution is 0.366. The van der Waals surface area contributed by atoms with E-state index in [1.54, 1.807) is 18.2 Å². The Labute approximate surface area is 110 Å². The first kappa shape index (κ1) is 13.2. The van der Waals surface area contributed by atoms with Gasteiger partial charge in [0.1, 0.15) is 5.58 Å². The second-order valence-electron chi connectivity index (χ2n) is 4.90. The van der Waals surface area contributed by atoms with Gasteiger partial charge in [-0.05, 0) is 12.1 Å². The van der Waals surface area contributed by atoms with Crippen LogP contribution in [0.1, 0.15) is 19.4 Å². The summed E-state index contributed by atoms with van der Waals surface area (Å²) < 4.78 is 10.4. The minimum absolute atomic E-state index is 0.0331. The van der Waals surface area contributed by atoms with E-state index in [4.69, 9.17) is 9.15 Å². The predicted octanol–water partition coefficient (Wildman–Crippen LogP) is 2.97. The third-order valence-corrected chi connectivity index (χ3v) is 3.22. The molecule has 0 radical (unpaired) electrons. The molecule has 2 rings (SSSR count). The Morgan fingerprint density at radius 1 is 1.42 bits per heavy atom. The maximum atomic E-state index is 11.4. The van der Waals surface area contributed by atoms with Crippen LogP contribution in [0, 0.1) is 0 Å². The van der Waals surface area contributed by atoms with Crippen molar-refractivity contribution in [1.82, 2.24) is 0 Å². The average Bonchev–Trinajstić information content (AvgIpc) is 2.37. The van der Waals surface area contributed by atoms with Crippen LogP contribution < -0.4 is 10.4 Å². The Balaban J connectivity index is 2.99. The first-order valence-electron chi connectivity index (χ1n) is 5.88. The second-order valence-corrected chi connectivity index (χ2v) is 4.90. The number of ether oxygens (including phenoxy) is 1. The minimum Gasteiger partial charge on any atom is -0.504 e. The summed E-state index contributed by atoms with van der Waals surface area (Å²) in [5, 5.41) is 11.0. The van der Waals surface area contributed by atoms with Gasteiger partial charge in [-0.1, -0.05) is 19.9 Å². The largest absolute Gasteiger partial charge is 0.504 e. The fraction of sp³-hybridized carbons (Fsp3) is 0.267. The molecule has 0 saturated carbocycles. The molecule has 0 aliphatic heterocycles. The first-order chi connectivity index (χ1) is 8.90. The zero-order valence-corrected chi connectivity index (χ0v) is 11.2. The van der Waals surface area contributed by atoms with Gasteiger partial charge in [-0.25, -0.2) is 4.79 Å². The molecular formula is C15H16O4. The third kappa shape index (κ3) is 2.10. The fourth-order valence-electron chi connectivity index (χ4n) is 2.03. The van der Waals surface area contributed by atoms with E-state index in [1.807, 2.05) is 13.8 Å². The van der Waals surface area contributed by atoms with Gasteiger partial charge in [0.05, 0.1) is 12.7 Å². The molecule has 0 aliphatic carbocycles. The number of allylic oxidation sites excluding steroid dienone is 1. The molecule has 19 heavy (non-hydrogen) atoms. The van der Waals surface area contributed by atoms with E-state index in [-0.39, 0.29) is 5.75 Å². The number of hydrogen-bond donors (Lipinski definition) is 1. The maximum absolute atomic E-state index is 11.4. The van der Waals surface area contributed by atoms with Crippen molar-refractivity contribution >= 4 is 11.0 Å². The lowest BCUT2D eigenvalue weighted by Crippen LogP contribution is -2.15. The zero-order chi connectivity index (χ0) is 14.2. The highest BCUT2D eigenvalue weighted by atomic mass is 16.5. The second kappa shape index (κ2) is 4.46. The fourth-order valence-corrected chi connectivity index (χ4v) is 2.03. The van der Waals surface area contributed by atoms with Crippen LogP contribution in [0.3, 0.4) is 0 Å². The summed E-state index contributed by atoms with van der Waals surface area (Å²) in [7, 11) is 1.48. The number of hydrogen-bond acceptors (Lipinski definition) is 4. The molecule has 0 fully saturated rings. The molecule has 0 unspecified atom stereocenters. The van der Waals surface area contributed by atoms with E-state index in [0.717, 1.165) is 0 Å². The van der Waals surface area contributed by atoms with Crippen molar-refractivity contribution in [2.24, 2.45) is 0 Å². The molecular weight excluding hydrogens is 244 g/mol.